The second-order valence-electron chi connectivity index (χ2n) is 2.35. The van der Waals surface area contributed by atoms with Gasteiger partial charge in [0.15, 0.2) is 0 Å². The summed E-state index contributed by atoms with van der Waals surface area (Å²) in [5.41, 5.74) is 1.36. The smallest absolute Gasteiger partial charge is 0.150 e. The van der Waals surface area contributed by atoms with Crippen molar-refractivity contribution in [2.45, 2.75) is 10.1 Å². The Balaban J connectivity index is 1.93. The SMILES string of the molecule is Brc1cc(CSc2nccs2)cs1. The lowest BCUT2D eigenvalue weighted by molar-refractivity contribution is 1.25. The number of hydrogen-bond donors (Lipinski definition) is 0. The van der Waals surface area contributed by atoms with Crippen LogP contribution in [-0.4, -0.2) is 4.98 Å². The Hall–Kier alpha value is 0.160. The highest BCUT2D eigenvalue weighted by molar-refractivity contribution is 9.11. The van der Waals surface area contributed by atoms with Crippen molar-refractivity contribution in [3.63, 3.8) is 0 Å². The van der Waals surface area contributed by atoms with Gasteiger partial charge < -0.3 is 0 Å². The summed E-state index contributed by atoms with van der Waals surface area (Å²) < 4.78 is 2.34. The predicted molar refractivity (Wildman–Crippen MR) is 63.7 cm³/mol. The van der Waals surface area contributed by atoms with Crippen LogP contribution in [0.5, 0.6) is 0 Å². The fourth-order valence-electron chi connectivity index (χ4n) is 0.848. The maximum atomic E-state index is 4.21. The Morgan fingerprint density at radius 1 is 1.46 bits per heavy atom. The van der Waals surface area contributed by atoms with E-state index < -0.39 is 0 Å². The van der Waals surface area contributed by atoms with E-state index in [0.29, 0.717) is 0 Å². The zero-order valence-corrected chi connectivity index (χ0v) is 10.6. The maximum Gasteiger partial charge on any atom is 0.150 e. The highest BCUT2D eigenvalue weighted by atomic mass is 79.9. The van der Waals surface area contributed by atoms with E-state index in [-0.39, 0.29) is 0 Å². The number of hydrogen-bond acceptors (Lipinski definition) is 4. The number of halogens is 1. The number of thioether (sulfide) groups is 1. The van der Waals surface area contributed by atoms with Crippen molar-refractivity contribution in [3.05, 3.63) is 32.4 Å². The molecule has 13 heavy (non-hydrogen) atoms. The summed E-state index contributed by atoms with van der Waals surface area (Å²) in [6.07, 6.45) is 1.84. The van der Waals surface area contributed by atoms with E-state index in [1.54, 1.807) is 34.4 Å². The second kappa shape index (κ2) is 4.59. The molecule has 0 bridgehead atoms. The third-order valence-corrected chi connectivity index (χ3v) is 4.98. The lowest BCUT2D eigenvalue weighted by Gasteiger charge is -1.92. The van der Waals surface area contributed by atoms with Crippen LogP contribution in [0.1, 0.15) is 5.56 Å². The van der Waals surface area contributed by atoms with Gasteiger partial charge in [0.25, 0.3) is 0 Å². The van der Waals surface area contributed by atoms with Crippen LogP contribution in [0.25, 0.3) is 0 Å². The van der Waals surface area contributed by atoms with Crippen LogP contribution in [-0.2, 0) is 5.75 Å². The Bertz CT molecular complexity index is 368. The summed E-state index contributed by atoms with van der Waals surface area (Å²) in [6, 6.07) is 2.16. The molecule has 0 aliphatic carbocycles. The molecule has 2 heterocycles. The first kappa shape index (κ1) is 9.71. The molecule has 1 nitrogen and oxygen atoms in total. The van der Waals surface area contributed by atoms with E-state index in [1.807, 2.05) is 11.6 Å². The highest BCUT2D eigenvalue weighted by Gasteiger charge is 2.00. The van der Waals surface area contributed by atoms with E-state index >= 15 is 0 Å². The monoisotopic (exact) mass is 291 g/mol. The lowest BCUT2D eigenvalue weighted by Crippen LogP contribution is -1.73. The first-order valence-corrected chi connectivity index (χ1v) is 7.13. The van der Waals surface area contributed by atoms with E-state index in [2.05, 4.69) is 32.4 Å². The Labute approximate surface area is 97.3 Å². The van der Waals surface area contributed by atoms with E-state index in [4.69, 9.17) is 0 Å². The second-order valence-corrected chi connectivity index (χ2v) is 6.75. The average molecular weight is 292 g/mol. The molecule has 0 aromatic carbocycles. The number of rotatable bonds is 3. The first-order chi connectivity index (χ1) is 6.34. The van der Waals surface area contributed by atoms with Gasteiger partial charge in [-0.15, -0.1) is 22.7 Å². The topological polar surface area (TPSA) is 12.9 Å². The van der Waals surface area contributed by atoms with Crippen molar-refractivity contribution in [1.82, 2.24) is 4.98 Å². The van der Waals surface area contributed by atoms with Crippen molar-refractivity contribution in [3.8, 4) is 0 Å². The molecule has 5 heteroatoms. The molecule has 2 aromatic rings. The van der Waals surface area contributed by atoms with Crippen LogP contribution in [0.3, 0.4) is 0 Å². The quantitative estimate of drug-likeness (QED) is 0.784. The van der Waals surface area contributed by atoms with E-state index in [9.17, 15) is 0 Å². The third kappa shape index (κ3) is 2.80. The Morgan fingerprint density at radius 3 is 3.00 bits per heavy atom. The van der Waals surface area contributed by atoms with Crippen molar-refractivity contribution < 1.29 is 0 Å². The molecular formula is C8H6BrNS3. The summed E-state index contributed by atoms with van der Waals surface area (Å²) in [4.78, 5) is 4.21. The molecule has 0 aliphatic rings. The fraction of sp³-hybridized carbons (Fsp3) is 0.125. The zero-order valence-electron chi connectivity index (χ0n) is 6.57. The highest BCUT2D eigenvalue weighted by Crippen LogP contribution is 2.28. The summed E-state index contributed by atoms with van der Waals surface area (Å²) in [6.45, 7) is 0. The predicted octanol–water partition coefficient (Wildman–Crippen LogP) is 4.26. The van der Waals surface area contributed by atoms with Crippen LogP contribution in [0.15, 0.2) is 31.1 Å². The molecule has 0 amide bonds. The van der Waals surface area contributed by atoms with E-state index in [1.165, 1.54) is 9.35 Å². The molecule has 2 rings (SSSR count). The summed E-state index contributed by atoms with van der Waals surface area (Å²) in [5.74, 6) is 1.01. The number of aromatic nitrogens is 1. The molecule has 0 aliphatic heterocycles. The van der Waals surface area contributed by atoms with Crippen LogP contribution in [0.2, 0.25) is 0 Å². The van der Waals surface area contributed by atoms with Crippen LogP contribution < -0.4 is 0 Å². The van der Waals surface area contributed by atoms with Gasteiger partial charge in [-0.05, 0) is 32.9 Å². The van der Waals surface area contributed by atoms with Gasteiger partial charge >= 0.3 is 0 Å². The molecule has 0 fully saturated rings. The Kier molecular flexibility index (Phi) is 3.43. The van der Waals surface area contributed by atoms with Gasteiger partial charge in [0.1, 0.15) is 4.34 Å². The average Bonchev–Trinajstić information content (AvgIpc) is 2.71. The van der Waals surface area contributed by atoms with Gasteiger partial charge in [-0.25, -0.2) is 4.98 Å². The van der Waals surface area contributed by atoms with Gasteiger partial charge in [-0.3, -0.25) is 0 Å². The summed E-state index contributed by atoms with van der Waals surface area (Å²) in [7, 11) is 0. The molecule has 0 saturated carbocycles. The van der Waals surface area contributed by atoms with Crippen molar-refractivity contribution in [2.24, 2.45) is 0 Å². The molecular weight excluding hydrogens is 286 g/mol. The van der Waals surface area contributed by atoms with Crippen LogP contribution >= 0.6 is 50.4 Å². The molecule has 0 saturated heterocycles. The minimum atomic E-state index is 1.01. The van der Waals surface area contributed by atoms with Gasteiger partial charge in [-0.2, -0.15) is 0 Å². The van der Waals surface area contributed by atoms with Crippen molar-refractivity contribution in [2.75, 3.05) is 0 Å². The van der Waals surface area contributed by atoms with Gasteiger partial charge in [0.2, 0.25) is 0 Å². The zero-order chi connectivity index (χ0) is 9.10. The molecule has 0 spiro atoms. The van der Waals surface area contributed by atoms with Crippen molar-refractivity contribution >= 4 is 50.4 Å². The van der Waals surface area contributed by atoms with Crippen LogP contribution in [0.4, 0.5) is 0 Å². The first-order valence-electron chi connectivity index (χ1n) is 3.60. The molecule has 0 radical (unpaired) electrons. The van der Waals surface area contributed by atoms with Gasteiger partial charge in [-0.1, -0.05) is 11.8 Å². The molecule has 0 unspecified atom stereocenters. The van der Waals surface area contributed by atoms with Crippen LogP contribution in [0, 0.1) is 0 Å². The summed E-state index contributed by atoms with van der Waals surface area (Å²) >= 11 is 8.65. The third-order valence-electron chi connectivity index (χ3n) is 1.39. The van der Waals surface area contributed by atoms with Gasteiger partial charge in [0.05, 0.1) is 3.79 Å². The summed E-state index contributed by atoms with van der Waals surface area (Å²) in [5, 5.41) is 4.18. The molecule has 0 N–H and O–H groups in total. The minimum Gasteiger partial charge on any atom is -0.238 e. The van der Waals surface area contributed by atoms with Crippen molar-refractivity contribution in [1.29, 1.82) is 0 Å². The number of thiazole rings is 1. The maximum absolute atomic E-state index is 4.21. The van der Waals surface area contributed by atoms with E-state index in [0.717, 1.165) is 10.1 Å². The lowest BCUT2D eigenvalue weighted by atomic mass is 10.4. The largest absolute Gasteiger partial charge is 0.238 e. The Morgan fingerprint density at radius 2 is 2.38 bits per heavy atom. The standard InChI is InChI=1S/C8H6BrNS3/c9-7-3-6(4-12-7)5-13-8-10-1-2-11-8/h1-4H,5H2. The molecule has 0 atom stereocenters. The fourth-order valence-corrected chi connectivity index (χ4v) is 3.73. The number of thiophene rings is 1. The number of nitrogens with zero attached hydrogens (tertiary/aromatic N) is 1. The van der Waals surface area contributed by atoms with Gasteiger partial charge in [0, 0.05) is 17.3 Å². The molecule has 2 aromatic heterocycles. The molecule has 68 valence electrons. The normalized spacial score (nSPS) is 10.5. The minimum absolute atomic E-state index is 1.01.